The molecule has 3 rings (SSSR count). The Labute approximate surface area is 155 Å². The highest BCUT2D eigenvalue weighted by molar-refractivity contribution is 7.07. The Kier molecular flexibility index (Phi) is 5.60. The predicted octanol–water partition coefficient (Wildman–Crippen LogP) is 4.61. The number of hydrogen-bond donors (Lipinski definition) is 1. The highest BCUT2D eigenvalue weighted by Crippen LogP contribution is 2.26. The second-order valence-electron chi connectivity index (χ2n) is 7.85. The molecule has 1 atom stereocenters. The molecule has 1 aliphatic heterocycles. The van der Waals surface area contributed by atoms with E-state index in [1.807, 2.05) is 12.1 Å². The summed E-state index contributed by atoms with van der Waals surface area (Å²) in [5.41, 5.74) is 3.40. The standard InChI is InChI=1S/C21H28N2OS/c1-21(2,3)18-8-6-16(7-9-18)20(24)22-14-19(17-10-13-25-15-17)23-11-4-5-12-23/h6-10,13,15,19H,4-5,11-12,14H2,1-3H3,(H,22,24). The van der Waals surface area contributed by atoms with Crippen molar-refractivity contribution in [3.05, 3.63) is 57.8 Å². The number of carbonyl (C=O) groups is 1. The lowest BCUT2D eigenvalue weighted by molar-refractivity contribution is 0.0938. The van der Waals surface area contributed by atoms with E-state index in [1.165, 1.54) is 24.0 Å². The molecule has 1 aromatic heterocycles. The molecule has 25 heavy (non-hydrogen) atoms. The molecular formula is C21H28N2OS. The quantitative estimate of drug-likeness (QED) is 0.848. The molecule has 0 saturated carbocycles. The molecule has 1 unspecified atom stereocenters. The third-order valence-electron chi connectivity index (χ3n) is 4.98. The molecule has 4 heteroatoms. The molecule has 1 amide bonds. The van der Waals surface area contributed by atoms with Crippen molar-refractivity contribution in [1.29, 1.82) is 0 Å². The number of carbonyl (C=O) groups excluding carboxylic acids is 1. The van der Waals surface area contributed by atoms with E-state index < -0.39 is 0 Å². The monoisotopic (exact) mass is 356 g/mol. The molecular weight excluding hydrogens is 328 g/mol. The molecule has 1 aromatic carbocycles. The lowest BCUT2D eigenvalue weighted by Crippen LogP contribution is -2.36. The number of nitrogens with one attached hydrogen (secondary N) is 1. The van der Waals surface area contributed by atoms with Gasteiger partial charge in [-0.1, -0.05) is 32.9 Å². The molecule has 2 aromatic rings. The molecule has 1 aliphatic rings. The summed E-state index contributed by atoms with van der Waals surface area (Å²) < 4.78 is 0. The normalized spacial score (nSPS) is 16.8. The summed E-state index contributed by atoms with van der Waals surface area (Å²) in [5.74, 6) is 0.0138. The maximum atomic E-state index is 12.6. The fourth-order valence-corrected chi connectivity index (χ4v) is 4.10. The number of thiophene rings is 1. The van der Waals surface area contributed by atoms with E-state index in [0.717, 1.165) is 18.7 Å². The SMILES string of the molecule is CC(C)(C)c1ccc(C(=O)NCC(c2ccsc2)N2CCCC2)cc1. The predicted molar refractivity (Wildman–Crippen MR) is 105 cm³/mol. The van der Waals surface area contributed by atoms with E-state index in [4.69, 9.17) is 0 Å². The minimum atomic E-state index is 0.0138. The van der Waals surface area contributed by atoms with Crippen LogP contribution in [0.25, 0.3) is 0 Å². The summed E-state index contributed by atoms with van der Waals surface area (Å²) in [7, 11) is 0. The van der Waals surface area contributed by atoms with Crippen LogP contribution in [0.3, 0.4) is 0 Å². The first-order chi connectivity index (χ1) is 11.9. The second-order valence-corrected chi connectivity index (χ2v) is 8.63. The van der Waals surface area contributed by atoms with Crippen molar-refractivity contribution in [1.82, 2.24) is 10.2 Å². The zero-order valence-corrected chi connectivity index (χ0v) is 16.2. The smallest absolute Gasteiger partial charge is 0.251 e. The first-order valence-electron chi connectivity index (χ1n) is 9.10. The summed E-state index contributed by atoms with van der Waals surface area (Å²) in [6, 6.07) is 10.5. The minimum absolute atomic E-state index is 0.0138. The van der Waals surface area contributed by atoms with Crippen LogP contribution in [0.5, 0.6) is 0 Å². The third kappa shape index (κ3) is 4.50. The van der Waals surface area contributed by atoms with E-state index in [2.05, 4.69) is 59.9 Å². The number of hydrogen-bond acceptors (Lipinski definition) is 3. The Hall–Kier alpha value is -1.65. The van der Waals surface area contributed by atoms with Crippen LogP contribution in [-0.2, 0) is 5.41 Å². The topological polar surface area (TPSA) is 32.3 Å². The Balaban J connectivity index is 1.65. The van der Waals surface area contributed by atoms with Gasteiger partial charge in [-0.2, -0.15) is 11.3 Å². The van der Waals surface area contributed by atoms with Gasteiger partial charge in [-0.3, -0.25) is 9.69 Å². The van der Waals surface area contributed by atoms with E-state index in [1.54, 1.807) is 11.3 Å². The average Bonchev–Trinajstić information content (AvgIpc) is 3.28. The number of nitrogens with zero attached hydrogens (tertiary/aromatic N) is 1. The Morgan fingerprint density at radius 2 is 1.84 bits per heavy atom. The van der Waals surface area contributed by atoms with E-state index in [-0.39, 0.29) is 17.4 Å². The van der Waals surface area contributed by atoms with Crippen molar-refractivity contribution in [2.24, 2.45) is 0 Å². The summed E-state index contributed by atoms with van der Waals surface area (Å²) in [4.78, 5) is 15.1. The summed E-state index contributed by atoms with van der Waals surface area (Å²) in [6.45, 7) is 9.46. The lowest BCUT2D eigenvalue weighted by atomic mass is 9.87. The van der Waals surface area contributed by atoms with Crippen LogP contribution < -0.4 is 5.32 Å². The van der Waals surface area contributed by atoms with E-state index >= 15 is 0 Å². The highest BCUT2D eigenvalue weighted by atomic mass is 32.1. The number of likely N-dealkylation sites (tertiary alicyclic amines) is 1. The van der Waals surface area contributed by atoms with Gasteiger partial charge in [0.05, 0.1) is 6.04 Å². The van der Waals surface area contributed by atoms with Crippen LogP contribution in [0.1, 0.15) is 61.1 Å². The molecule has 2 heterocycles. The van der Waals surface area contributed by atoms with E-state index in [0.29, 0.717) is 6.54 Å². The molecule has 0 spiro atoms. The second kappa shape index (κ2) is 7.71. The van der Waals surface area contributed by atoms with Crippen LogP contribution in [0, 0.1) is 0 Å². The van der Waals surface area contributed by atoms with Crippen molar-refractivity contribution >= 4 is 17.2 Å². The van der Waals surface area contributed by atoms with Gasteiger partial charge in [0.15, 0.2) is 0 Å². The molecule has 0 bridgehead atoms. The zero-order chi connectivity index (χ0) is 17.9. The van der Waals surface area contributed by atoms with Crippen molar-refractivity contribution in [2.45, 2.75) is 45.1 Å². The molecule has 1 fully saturated rings. The van der Waals surface area contributed by atoms with Crippen LogP contribution in [0.4, 0.5) is 0 Å². The molecule has 1 saturated heterocycles. The van der Waals surface area contributed by atoms with Crippen molar-refractivity contribution in [2.75, 3.05) is 19.6 Å². The molecule has 0 radical (unpaired) electrons. The van der Waals surface area contributed by atoms with Gasteiger partial charge in [0, 0.05) is 12.1 Å². The van der Waals surface area contributed by atoms with Crippen LogP contribution in [-0.4, -0.2) is 30.4 Å². The maximum Gasteiger partial charge on any atom is 0.251 e. The van der Waals surface area contributed by atoms with Gasteiger partial charge >= 0.3 is 0 Å². The maximum absolute atomic E-state index is 12.6. The lowest BCUT2D eigenvalue weighted by Gasteiger charge is -2.27. The van der Waals surface area contributed by atoms with Gasteiger partial charge < -0.3 is 5.32 Å². The van der Waals surface area contributed by atoms with Crippen molar-refractivity contribution < 1.29 is 4.79 Å². The Bertz CT molecular complexity index is 680. The fourth-order valence-electron chi connectivity index (χ4n) is 3.39. The average molecular weight is 357 g/mol. The Morgan fingerprint density at radius 3 is 2.40 bits per heavy atom. The largest absolute Gasteiger partial charge is 0.350 e. The first kappa shape index (κ1) is 18.2. The van der Waals surface area contributed by atoms with E-state index in [9.17, 15) is 4.79 Å². The van der Waals surface area contributed by atoms with Gasteiger partial charge in [0.25, 0.3) is 5.91 Å². The minimum Gasteiger partial charge on any atom is -0.350 e. The molecule has 0 aliphatic carbocycles. The first-order valence-corrected chi connectivity index (χ1v) is 10.0. The van der Waals surface area contributed by atoms with Crippen LogP contribution >= 0.6 is 11.3 Å². The zero-order valence-electron chi connectivity index (χ0n) is 15.4. The number of rotatable bonds is 5. The fraction of sp³-hybridized carbons (Fsp3) is 0.476. The van der Waals surface area contributed by atoms with Crippen LogP contribution in [0.2, 0.25) is 0 Å². The van der Waals surface area contributed by atoms with Gasteiger partial charge in [0.2, 0.25) is 0 Å². The van der Waals surface area contributed by atoms with Gasteiger partial charge in [0.1, 0.15) is 0 Å². The van der Waals surface area contributed by atoms with Crippen LogP contribution in [0.15, 0.2) is 41.1 Å². The van der Waals surface area contributed by atoms with Gasteiger partial charge in [-0.05, 0) is 71.4 Å². The third-order valence-corrected chi connectivity index (χ3v) is 5.68. The summed E-state index contributed by atoms with van der Waals surface area (Å²) in [5, 5.41) is 7.46. The van der Waals surface area contributed by atoms with Gasteiger partial charge in [-0.25, -0.2) is 0 Å². The summed E-state index contributed by atoms with van der Waals surface area (Å²) in [6.07, 6.45) is 2.51. The molecule has 134 valence electrons. The Morgan fingerprint density at radius 1 is 1.16 bits per heavy atom. The van der Waals surface area contributed by atoms with Crippen molar-refractivity contribution in [3.8, 4) is 0 Å². The van der Waals surface area contributed by atoms with Crippen molar-refractivity contribution in [3.63, 3.8) is 0 Å². The van der Waals surface area contributed by atoms with Gasteiger partial charge in [-0.15, -0.1) is 0 Å². The highest BCUT2D eigenvalue weighted by Gasteiger charge is 2.24. The summed E-state index contributed by atoms with van der Waals surface area (Å²) >= 11 is 1.72. The number of amides is 1. The molecule has 1 N–H and O–H groups in total. The molecule has 3 nitrogen and oxygen atoms in total. The number of benzene rings is 1.